The Balaban J connectivity index is 1.77. The number of carboxylic acids is 1. The van der Waals surface area contributed by atoms with Crippen LogP contribution in [0.5, 0.6) is 0 Å². The number of aryl methyl sites for hydroxylation is 1. The fourth-order valence-electron chi connectivity index (χ4n) is 2.63. The van der Waals surface area contributed by atoms with Crippen molar-refractivity contribution in [3.63, 3.8) is 0 Å². The first kappa shape index (κ1) is 14.0. The maximum atomic E-state index is 11.0. The molecule has 1 heterocycles. The molecule has 1 unspecified atom stereocenters. The number of carbonyl (C=O) groups is 1. The maximum Gasteiger partial charge on any atom is 0.306 e. The SMILES string of the molecule is O=C(O)C1CCc2nc(Cc3ccc(Cl)cc3)ncc2C1. The van der Waals surface area contributed by atoms with Crippen LogP contribution in [0.15, 0.2) is 30.5 Å². The van der Waals surface area contributed by atoms with Crippen molar-refractivity contribution in [2.24, 2.45) is 5.92 Å². The quantitative estimate of drug-likeness (QED) is 0.947. The van der Waals surface area contributed by atoms with Gasteiger partial charge in [0, 0.05) is 23.3 Å². The first-order valence-corrected chi connectivity index (χ1v) is 7.30. The number of hydrogen-bond donors (Lipinski definition) is 1. The topological polar surface area (TPSA) is 63.1 Å². The lowest BCUT2D eigenvalue weighted by Gasteiger charge is -2.20. The average molecular weight is 303 g/mol. The zero-order chi connectivity index (χ0) is 14.8. The van der Waals surface area contributed by atoms with Crippen LogP contribution in [0.2, 0.25) is 5.02 Å². The van der Waals surface area contributed by atoms with Gasteiger partial charge in [0.25, 0.3) is 0 Å². The first-order chi connectivity index (χ1) is 10.1. The molecule has 0 bridgehead atoms. The first-order valence-electron chi connectivity index (χ1n) is 6.93. The molecule has 1 aromatic carbocycles. The molecule has 3 rings (SSSR count). The molecule has 0 amide bonds. The fraction of sp³-hybridized carbons (Fsp3) is 0.312. The van der Waals surface area contributed by atoms with Crippen molar-refractivity contribution >= 4 is 17.6 Å². The summed E-state index contributed by atoms with van der Waals surface area (Å²) in [6, 6.07) is 7.64. The van der Waals surface area contributed by atoms with Crippen LogP contribution >= 0.6 is 11.6 Å². The van der Waals surface area contributed by atoms with Crippen LogP contribution in [0.4, 0.5) is 0 Å². The number of fused-ring (bicyclic) bond motifs is 1. The van der Waals surface area contributed by atoms with Gasteiger partial charge in [0.1, 0.15) is 5.82 Å². The fourth-order valence-corrected chi connectivity index (χ4v) is 2.76. The lowest BCUT2D eigenvalue weighted by atomic mass is 9.87. The second kappa shape index (κ2) is 5.82. The summed E-state index contributed by atoms with van der Waals surface area (Å²) in [5.41, 5.74) is 3.07. The predicted octanol–water partition coefficient (Wildman–Crippen LogP) is 2.91. The molecule has 0 spiro atoms. The molecular weight excluding hydrogens is 288 g/mol. The van der Waals surface area contributed by atoms with Crippen molar-refractivity contribution in [1.29, 1.82) is 0 Å². The molecule has 2 aromatic rings. The standard InChI is InChI=1S/C16H15ClN2O2/c17-13-4-1-10(2-5-13)7-15-18-9-12-8-11(16(20)21)3-6-14(12)19-15/h1-2,4-5,9,11H,3,6-8H2,(H,20,21). The van der Waals surface area contributed by atoms with E-state index < -0.39 is 5.97 Å². The smallest absolute Gasteiger partial charge is 0.306 e. The maximum absolute atomic E-state index is 11.0. The molecular formula is C16H15ClN2O2. The van der Waals surface area contributed by atoms with Gasteiger partial charge in [-0.05, 0) is 42.5 Å². The highest BCUT2D eigenvalue weighted by atomic mass is 35.5. The number of halogens is 1. The van der Waals surface area contributed by atoms with Crippen molar-refractivity contribution in [3.05, 3.63) is 58.1 Å². The van der Waals surface area contributed by atoms with Crippen molar-refractivity contribution in [1.82, 2.24) is 9.97 Å². The minimum Gasteiger partial charge on any atom is -0.481 e. The van der Waals surface area contributed by atoms with Crippen LogP contribution in [0.1, 0.15) is 29.1 Å². The Labute approximate surface area is 127 Å². The highest BCUT2D eigenvalue weighted by Gasteiger charge is 2.25. The van der Waals surface area contributed by atoms with E-state index in [4.69, 9.17) is 16.7 Å². The molecule has 0 saturated carbocycles. The van der Waals surface area contributed by atoms with Crippen molar-refractivity contribution in [3.8, 4) is 0 Å². The summed E-state index contributed by atoms with van der Waals surface area (Å²) >= 11 is 5.87. The van der Waals surface area contributed by atoms with Crippen LogP contribution < -0.4 is 0 Å². The van der Waals surface area contributed by atoms with Crippen LogP contribution in [0.25, 0.3) is 0 Å². The number of rotatable bonds is 3. The van der Waals surface area contributed by atoms with Gasteiger partial charge < -0.3 is 5.11 Å². The summed E-state index contributed by atoms with van der Waals surface area (Å²) in [5.74, 6) is -0.265. The van der Waals surface area contributed by atoms with E-state index in [0.29, 0.717) is 30.7 Å². The highest BCUT2D eigenvalue weighted by Crippen LogP contribution is 2.24. The van der Waals surface area contributed by atoms with Crippen molar-refractivity contribution in [2.75, 3.05) is 0 Å². The Hall–Kier alpha value is -1.94. The number of aliphatic carboxylic acids is 1. The second-order valence-electron chi connectivity index (χ2n) is 5.34. The molecule has 0 fully saturated rings. The average Bonchev–Trinajstić information content (AvgIpc) is 2.49. The third-order valence-electron chi connectivity index (χ3n) is 3.82. The van der Waals surface area contributed by atoms with Gasteiger partial charge in [0.05, 0.1) is 5.92 Å². The van der Waals surface area contributed by atoms with E-state index in [2.05, 4.69) is 9.97 Å². The summed E-state index contributed by atoms with van der Waals surface area (Å²) < 4.78 is 0. The molecule has 1 aliphatic rings. The molecule has 1 aliphatic carbocycles. The largest absolute Gasteiger partial charge is 0.481 e. The summed E-state index contributed by atoms with van der Waals surface area (Å²) in [6.45, 7) is 0. The summed E-state index contributed by atoms with van der Waals surface area (Å²) in [6.07, 6.45) is 4.34. The van der Waals surface area contributed by atoms with Gasteiger partial charge in [-0.15, -0.1) is 0 Å². The third-order valence-corrected chi connectivity index (χ3v) is 4.08. The molecule has 21 heavy (non-hydrogen) atoms. The normalized spacial score (nSPS) is 17.3. The Morgan fingerprint density at radius 2 is 2.10 bits per heavy atom. The zero-order valence-corrected chi connectivity index (χ0v) is 12.2. The second-order valence-corrected chi connectivity index (χ2v) is 5.78. The Kier molecular flexibility index (Phi) is 3.88. The lowest BCUT2D eigenvalue weighted by Crippen LogP contribution is -2.23. The molecule has 0 aliphatic heterocycles. The Morgan fingerprint density at radius 1 is 1.33 bits per heavy atom. The minimum atomic E-state index is -0.731. The van der Waals surface area contributed by atoms with Crippen molar-refractivity contribution < 1.29 is 9.90 Å². The molecule has 4 nitrogen and oxygen atoms in total. The zero-order valence-electron chi connectivity index (χ0n) is 11.4. The Morgan fingerprint density at radius 3 is 2.81 bits per heavy atom. The van der Waals surface area contributed by atoms with E-state index in [1.54, 1.807) is 6.20 Å². The number of nitrogens with zero attached hydrogens (tertiary/aromatic N) is 2. The molecule has 5 heteroatoms. The number of aromatic nitrogens is 2. The minimum absolute atomic E-state index is 0.303. The van der Waals surface area contributed by atoms with Gasteiger partial charge in [-0.1, -0.05) is 23.7 Å². The Bertz CT molecular complexity index is 670. The van der Waals surface area contributed by atoms with Crippen LogP contribution in [-0.2, 0) is 24.1 Å². The van der Waals surface area contributed by atoms with E-state index in [-0.39, 0.29) is 5.92 Å². The van der Waals surface area contributed by atoms with E-state index in [1.165, 1.54) is 0 Å². The van der Waals surface area contributed by atoms with Crippen LogP contribution in [0, 0.1) is 5.92 Å². The van der Waals surface area contributed by atoms with E-state index >= 15 is 0 Å². The van der Waals surface area contributed by atoms with Crippen molar-refractivity contribution in [2.45, 2.75) is 25.7 Å². The monoisotopic (exact) mass is 302 g/mol. The molecule has 0 saturated heterocycles. The van der Waals surface area contributed by atoms with Gasteiger partial charge in [-0.3, -0.25) is 4.79 Å². The van der Waals surface area contributed by atoms with E-state index in [9.17, 15) is 4.79 Å². The molecule has 108 valence electrons. The van der Waals surface area contributed by atoms with Crippen LogP contribution in [-0.4, -0.2) is 21.0 Å². The summed E-state index contributed by atoms with van der Waals surface area (Å²) in [7, 11) is 0. The van der Waals surface area contributed by atoms with Gasteiger partial charge in [0.2, 0.25) is 0 Å². The van der Waals surface area contributed by atoms with Gasteiger partial charge in [0.15, 0.2) is 0 Å². The van der Waals surface area contributed by atoms with Gasteiger partial charge in [-0.2, -0.15) is 0 Å². The van der Waals surface area contributed by atoms with E-state index in [0.717, 1.165) is 22.6 Å². The summed E-state index contributed by atoms with van der Waals surface area (Å²) in [5, 5.41) is 9.80. The third kappa shape index (κ3) is 3.22. The van der Waals surface area contributed by atoms with Gasteiger partial charge >= 0.3 is 5.97 Å². The highest BCUT2D eigenvalue weighted by molar-refractivity contribution is 6.30. The molecule has 1 N–H and O–H groups in total. The summed E-state index contributed by atoms with van der Waals surface area (Å²) in [4.78, 5) is 20.0. The lowest BCUT2D eigenvalue weighted by molar-refractivity contribution is -0.142. The number of carboxylic acid groups (broad SMARTS) is 1. The molecule has 1 aromatic heterocycles. The molecule has 1 atom stereocenters. The van der Waals surface area contributed by atoms with Gasteiger partial charge in [-0.25, -0.2) is 9.97 Å². The molecule has 0 radical (unpaired) electrons. The number of benzene rings is 1. The predicted molar refractivity (Wildman–Crippen MR) is 79.4 cm³/mol. The van der Waals surface area contributed by atoms with E-state index in [1.807, 2.05) is 24.3 Å². The number of hydrogen-bond acceptors (Lipinski definition) is 3. The van der Waals surface area contributed by atoms with Crippen LogP contribution in [0.3, 0.4) is 0 Å².